The van der Waals surface area contributed by atoms with E-state index < -0.39 is 0 Å². The maximum Gasteiger partial charge on any atom is 0.208 e. The quantitative estimate of drug-likeness (QED) is 0.537. The summed E-state index contributed by atoms with van der Waals surface area (Å²) < 4.78 is 2.24. The molecule has 70 valence electrons. The molecule has 2 N–H and O–H groups in total. The predicted molar refractivity (Wildman–Crippen MR) is 52.6 cm³/mol. The van der Waals surface area contributed by atoms with Crippen molar-refractivity contribution in [2.75, 3.05) is 0 Å². The first-order valence-corrected chi connectivity index (χ1v) is 4.45. The second kappa shape index (κ2) is 2.38. The van der Waals surface area contributed by atoms with Gasteiger partial charge in [-0.05, 0) is 19.1 Å². The minimum Gasteiger partial charge on any atom is -0.340 e. The van der Waals surface area contributed by atoms with E-state index in [0.717, 1.165) is 17.0 Å². The zero-order chi connectivity index (χ0) is 9.71. The van der Waals surface area contributed by atoms with Crippen molar-refractivity contribution in [3.8, 4) is 0 Å². The summed E-state index contributed by atoms with van der Waals surface area (Å²) in [4.78, 5) is 11.2. The molecule has 0 saturated heterocycles. The fraction of sp³-hybridized carbons (Fsp3) is 0.143. The molecule has 3 heterocycles. The van der Waals surface area contributed by atoms with Crippen LogP contribution in [0.2, 0.25) is 0 Å². The van der Waals surface area contributed by atoms with Crippen LogP contribution >= 0.6 is 12.2 Å². The van der Waals surface area contributed by atoms with Gasteiger partial charge < -0.3 is 4.98 Å². The summed E-state index contributed by atoms with van der Waals surface area (Å²) in [6, 6.07) is 0. The Morgan fingerprint density at radius 3 is 3.21 bits per heavy atom. The molecule has 0 aliphatic heterocycles. The first kappa shape index (κ1) is 7.63. The van der Waals surface area contributed by atoms with Crippen LogP contribution < -0.4 is 0 Å². The third-order valence-corrected chi connectivity index (χ3v) is 2.39. The third kappa shape index (κ3) is 0.791. The molecule has 0 radical (unpaired) electrons. The van der Waals surface area contributed by atoms with E-state index in [-0.39, 0.29) is 0 Å². The molecule has 0 bridgehead atoms. The number of hydrogen-bond donors (Lipinski definition) is 2. The number of imidazole rings is 1. The Bertz CT molecular complexity index is 674. The highest BCUT2D eigenvalue weighted by Gasteiger charge is 2.08. The first-order chi connectivity index (χ1) is 6.77. The maximum absolute atomic E-state index is 5.13. The number of fused-ring (bicyclic) bond motifs is 3. The van der Waals surface area contributed by atoms with Crippen LogP contribution in [-0.4, -0.2) is 29.5 Å². The highest BCUT2D eigenvalue weighted by atomic mass is 32.1. The number of nitrogens with one attached hydrogen (secondary N) is 2. The second-order valence-corrected chi connectivity index (χ2v) is 3.32. The molecule has 0 fully saturated rings. The lowest BCUT2D eigenvalue weighted by Gasteiger charge is -1.94. The highest BCUT2D eigenvalue weighted by Crippen LogP contribution is 2.13. The Balaban J connectivity index is 2.76. The Morgan fingerprint density at radius 2 is 2.36 bits per heavy atom. The molecule has 0 amide bonds. The molecule has 0 spiro atoms. The molecule has 7 heteroatoms. The Hall–Kier alpha value is -1.76. The van der Waals surface area contributed by atoms with Gasteiger partial charge in [0.1, 0.15) is 11.3 Å². The molecule has 0 saturated carbocycles. The lowest BCUT2D eigenvalue weighted by atomic mass is 10.5. The summed E-state index contributed by atoms with van der Waals surface area (Å²) in [6.45, 7) is 1.86. The van der Waals surface area contributed by atoms with Crippen LogP contribution in [0, 0.1) is 11.7 Å². The van der Waals surface area contributed by atoms with E-state index >= 15 is 0 Å². The van der Waals surface area contributed by atoms with E-state index in [0.29, 0.717) is 10.4 Å². The smallest absolute Gasteiger partial charge is 0.208 e. The Labute approximate surface area is 83.0 Å². The van der Waals surface area contributed by atoms with Crippen LogP contribution in [0.15, 0.2) is 6.33 Å². The van der Waals surface area contributed by atoms with Gasteiger partial charge in [0.2, 0.25) is 4.77 Å². The largest absolute Gasteiger partial charge is 0.340 e. The SMILES string of the molecule is Cc1n[nH]c2c3[nH]cnc3nc(=S)n12. The fourth-order valence-corrected chi connectivity index (χ4v) is 1.79. The molecular weight excluding hydrogens is 200 g/mol. The first-order valence-electron chi connectivity index (χ1n) is 4.04. The molecule has 0 unspecified atom stereocenters. The third-order valence-electron chi connectivity index (χ3n) is 2.12. The van der Waals surface area contributed by atoms with Crippen LogP contribution in [-0.2, 0) is 0 Å². The van der Waals surface area contributed by atoms with Crippen LogP contribution in [0.3, 0.4) is 0 Å². The van der Waals surface area contributed by atoms with E-state index in [4.69, 9.17) is 12.2 Å². The summed E-state index contributed by atoms with van der Waals surface area (Å²) in [5, 5.41) is 6.96. The van der Waals surface area contributed by atoms with Gasteiger partial charge in [-0.3, -0.25) is 9.50 Å². The number of aromatic nitrogens is 6. The molecule has 0 atom stereocenters. The van der Waals surface area contributed by atoms with Gasteiger partial charge in [-0.1, -0.05) is 0 Å². The van der Waals surface area contributed by atoms with E-state index in [1.54, 1.807) is 10.7 Å². The van der Waals surface area contributed by atoms with Crippen molar-refractivity contribution in [2.45, 2.75) is 6.92 Å². The zero-order valence-electron chi connectivity index (χ0n) is 7.27. The van der Waals surface area contributed by atoms with Gasteiger partial charge in [0.25, 0.3) is 0 Å². The molecule has 14 heavy (non-hydrogen) atoms. The number of aryl methyl sites for hydroxylation is 1. The topological polar surface area (TPSA) is 74.7 Å². The van der Waals surface area contributed by atoms with Gasteiger partial charge in [0, 0.05) is 0 Å². The van der Waals surface area contributed by atoms with E-state index in [1.165, 1.54) is 0 Å². The second-order valence-electron chi connectivity index (χ2n) is 2.95. The van der Waals surface area contributed by atoms with Crippen molar-refractivity contribution >= 4 is 29.0 Å². The summed E-state index contributed by atoms with van der Waals surface area (Å²) in [5.74, 6) is 0.786. The van der Waals surface area contributed by atoms with Gasteiger partial charge in [-0.25, -0.2) is 4.98 Å². The molecule has 0 aromatic carbocycles. The summed E-state index contributed by atoms with van der Waals surface area (Å²) >= 11 is 5.13. The lowest BCUT2D eigenvalue weighted by Crippen LogP contribution is -1.94. The van der Waals surface area contributed by atoms with Crippen LogP contribution in [0.5, 0.6) is 0 Å². The molecule has 6 nitrogen and oxygen atoms in total. The molecule has 3 aromatic rings. The van der Waals surface area contributed by atoms with Gasteiger partial charge in [-0.2, -0.15) is 10.1 Å². The number of aromatic amines is 2. The normalized spacial score (nSPS) is 11.5. The van der Waals surface area contributed by atoms with Crippen molar-refractivity contribution in [1.29, 1.82) is 0 Å². The summed E-state index contributed by atoms with van der Waals surface area (Å²) in [5.41, 5.74) is 2.23. The predicted octanol–water partition coefficient (Wildman–Crippen LogP) is 0.972. The lowest BCUT2D eigenvalue weighted by molar-refractivity contribution is 0.974. The van der Waals surface area contributed by atoms with Crippen molar-refractivity contribution in [3.05, 3.63) is 16.9 Å². The van der Waals surface area contributed by atoms with Gasteiger partial charge >= 0.3 is 0 Å². The van der Waals surface area contributed by atoms with Gasteiger partial charge in [0.05, 0.1) is 6.33 Å². The summed E-state index contributed by atoms with van der Waals surface area (Å²) in [7, 11) is 0. The van der Waals surface area contributed by atoms with E-state index in [2.05, 4.69) is 25.1 Å². The molecule has 3 rings (SSSR count). The van der Waals surface area contributed by atoms with Crippen molar-refractivity contribution in [3.63, 3.8) is 0 Å². The number of rotatable bonds is 0. The average Bonchev–Trinajstić information content (AvgIpc) is 2.71. The number of hydrogen-bond acceptors (Lipinski definition) is 4. The average molecular weight is 206 g/mol. The minimum absolute atomic E-state index is 0.464. The van der Waals surface area contributed by atoms with Crippen molar-refractivity contribution < 1.29 is 0 Å². The zero-order valence-corrected chi connectivity index (χ0v) is 8.09. The number of nitrogens with zero attached hydrogens (tertiary/aromatic N) is 4. The highest BCUT2D eigenvalue weighted by molar-refractivity contribution is 7.71. The van der Waals surface area contributed by atoms with Gasteiger partial charge in [0.15, 0.2) is 11.3 Å². The summed E-state index contributed by atoms with van der Waals surface area (Å²) in [6.07, 6.45) is 1.59. The standard InChI is InChI=1S/C7H6N6S/c1-3-11-12-6-4-5(9-2-8-4)10-7(14)13(3)6/h2,12H,1H3,(H,8,9,10,14). The molecule has 3 aromatic heterocycles. The van der Waals surface area contributed by atoms with Gasteiger partial charge in [-0.15, -0.1) is 0 Å². The van der Waals surface area contributed by atoms with E-state index in [9.17, 15) is 0 Å². The van der Waals surface area contributed by atoms with Crippen LogP contribution in [0.25, 0.3) is 16.8 Å². The Kier molecular flexibility index (Phi) is 1.30. The monoisotopic (exact) mass is 206 g/mol. The maximum atomic E-state index is 5.13. The number of H-pyrrole nitrogens is 2. The molecular formula is C7H6N6S. The van der Waals surface area contributed by atoms with Crippen molar-refractivity contribution in [1.82, 2.24) is 29.5 Å². The van der Waals surface area contributed by atoms with Crippen LogP contribution in [0.4, 0.5) is 0 Å². The fourth-order valence-electron chi connectivity index (χ4n) is 1.48. The van der Waals surface area contributed by atoms with E-state index in [1.807, 2.05) is 6.92 Å². The van der Waals surface area contributed by atoms with Crippen molar-refractivity contribution in [2.24, 2.45) is 0 Å². The minimum atomic E-state index is 0.464. The molecule has 0 aliphatic rings. The molecule has 0 aliphatic carbocycles. The van der Waals surface area contributed by atoms with Crippen LogP contribution in [0.1, 0.15) is 5.82 Å². The Morgan fingerprint density at radius 1 is 1.50 bits per heavy atom.